The highest BCUT2D eigenvalue weighted by Crippen LogP contribution is 2.60. The van der Waals surface area contributed by atoms with Crippen molar-refractivity contribution in [3.8, 4) is 5.75 Å². The van der Waals surface area contributed by atoms with Crippen molar-refractivity contribution in [2.45, 2.75) is 60.3 Å². The number of hydrogen-bond acceptors (Lipinski definition) is 2. The van der Waals surface area contributed by atoms with Crippen LogP contribution in [0.1, 0.15) is 71.4 Å². The van der Waals surface area contributed by atoms with Crippen LogP contribution in [-0.2, 0) is 4.79 Å². The van der Waals surface area contributed by atoms with E-state index in [0.29, 0.717) is 17.6 Å². The van der Waals surface area contributed by atoms with E-state index in [0.717, 1.165) is 5.39 Å². The van der Waals surface area contributed by atoms with Crippen LogP contribution in [0.3, 0.4) is 0 Å². The summed E-state index contributed by atoms with van der Waals surface area (Å²) in [5.41, 5.74) is 3.10. The summed E-state index contributed by atoms with van der Waals surface area (Å²) >= 11 is 0. The third-order valence-corrected chi connectivity index (χ3v) is 5.19. The molecule has 0 aliphatic heterocycles. The maximum absolute atomic E-state index is 11.5. The normalized spacial score (nSPS) is 20.5. The van der Waals surface area contributed by atoms with E-state index >= 15 is 0 Å². The second-order valence-corrected chi connectivity index (χ2v) is 9.20. The lowest BCUT2D eigenvalue weighted by atomic mass is 9.63. The summed E-state index contributed by atoms with van der Waals surface area (Å²) in [6, 6.07) is 10.6. The molecular weight excluding hydrogens is 296 g/mol. The van der Waals surface area contributed by atoms with Crippen molar-refractivity contribution in [1.29, 1.82) is 0 Å². The number of carbonyl (C=O) groups excluding carboxylic acids is 1. The topological polar surface area (TPSA) is 26.3 Å². The molecule has 0 N–H and O–H groups in total. The van der Waals surface area contributed by atoms with Crippen LogP contribution in [0.5, 0.6) is 5.75 Å². The molecular formula is C22H28O2. The van der Waals surface area contributed by atoms with Gasteiger partial charge in [0, 0.05) is 12.3 Å². The lowest BCUT2D eigenvalue weighted by molar-refractivity contribution is -0.131. The maximum Gasteiger partial charge on any atom is 0.308 e. The number of ether oxygens (including phenoxy) is 1. The zero-order chi connectivity index (χ0) is 17.9. The third-order valence-electron chi connectivity index (χ3n) is 5.19. The van der Waals surface area contributed by atoms with Crippen molar-refractivity contribution in [1.82, 2.24) is 0 Å². The van der Waals surface area contributed by atoms with E-state index in [2.05, 4.69) is 65.8 Å². The van der Waals surface area contributed by atoms with Gasteiger partial charge in [0.2, 0.25) is 0 Å². The Kier molecular flexibility index (Phi) is 3.78. The quantitative estimate of drug-likeness (QED) is 0.472. The zero-order valence-electron chi connectivity index (χ0n) is 15.9. The molecule has 2 atom stereocenters. The molecule has 3 rings (SSSR count). The first-order chi connectivity index (χ1) is 11.0. The van der Waals surface area contributed by atoms with Gasteiger partial charge in [0.1, 0.15) is 5.75 Å². The molecule has 0 saturated carbocycles. The average molecular weight is 324 g/mol. The molecule has 0 saturated heterocycles. The van der Waals surface area contributed by atoms with Crippen LogP contribution >= 0.6 is 0 Å². The summed E-state index contributed by atoms with van der Waals surface area (Å²) in [4.78, 5) is 11.5. The van der Waals surface area contributed by atoms with Crippen LogP contribution in [0.4, 0.5) is 0 Å². The van der Waals surface area contributed by atoms with Crippen LogP contribution in [0.25, 0.3) is 10.8 Å². The maximum atomic E-state index is 11.5. The highest BCUT2D eigenvalue weighted by molar-refractivity contribution is 5.97. The first-order valence-corrected chi connectivity index (χ1v) is 8.76. The zero-order valence-corrected chi connectivity index (χ0v) is 15.9. The van der Waals surface area contributed by atoms with Crippen LogP contribution in [-0.4, -0.2) is 5.97 Å². The number of benzene rings is 2. The lowest BCUT2D eigenvalue weighted by Gasteiger charge is -2.40. The van der Waals surface area contributed by atoms with Crippen LogP contribution in [0.15, 0.2) is 30.3 Å². The molecule has 2 nitrogen and oxygen atoms in total. The molecule has 24 heavy (non-hydrogen) atoms. The third kappa shape index (κ3) is 2.62. The van der Waals surface area contributed by atoms with Gasteiger partial charge in [-0.3, -0.25) is 4.79 Å². The molecule has 0 amide bonds. The molecule has 2 unspecified atom stereocenters. The Morgan fingerprint density at radius 3 is 1.92 bits per heavy atom. The molecule has 1 aliphatic rings. The smallest absolute Gasteiger partial charge is 0.308 e. The van der Waals surface area contributed by atoms with E-state index in [4.69, 9.17) is 4.74 Å². The van der Waals surface area contributed by atoms with E-state index in [9.17, 15) is 4.79 Å². The van der Waals surface area contributed by atoms with E-state index in [1.54, 1.807) is 0 Å². The highest BCUT2D eigenvalue weighted by atomic mass is 16.5. The van der Waals surface area contributed by atoms with Crippen molar-refractivity contribution >= 4 is 16.7 Å². The molecule has 0 heterocycles. The van der Waals surface area contributed by atoms with Gasteiger partial charge < -0.3 is 4.74 Å². The summed E-state index contributed by atoms with van der Waals surface area (Å²) in [5, 5.41) is 2.34. The minimum absolute atomic E-state index is 0.160. The summed E-state index contributed by atoms with van der Waals surface area (Å²) in [6.07, 6.45) is 0. The van der Waals surface area contributed by atoms with Crippen molar-refractivity contribution < 1.29 is 9.53 Å². The number of esters is 1. The van der Waals surface area contributed by atoms with E-state index in [-0.39, 0.29) is 16.8 Å². The van der Waals surface area contributed by atoms with Crippen LogP contribution < -0.4 is 4.74 Å². The fraction of sp³-hybridized carbons (Fsp3) is 0.500. The van der Waals surface area contributed by atoms with Crippen molar-refractivity contribution in [2.24, 2.45) is 10.8 Å². The Bertz CT molecular complexity index is 777. The highest BCUT2D eigenvalue weighted by Gasteiger charge is 2.46. The molecule has 0 radical (unpaired) electrons. The van der Waals surface area contributed by atoms with Gasteiger partial charge in [-0.25, -0.2) is 0 Å². The molecule has 0 fully saturated rings. The van der Waals surface area contributed by atoms with Crippen molar-refractivity contribution in [2.75, 3.05) is 0 Å². The van der Waals surface area contributed by atoms with Gasteiger partial charge in [0.05, 0.1) is 0 Å². The Balaban J connectivity index is 2.33. The molecule has 2 aromatic carbocycles. The van der Waals surface area contributed by atoms with Gasteiger partial charge in [0.15, 0.2) is 0 Å². The van der Waals surface area contributed by atoms with Gasteiger partial charge >= 0.3 is 5.97 Å². The van der Waals surface area contributed by atoms with Crippen molar-refractivity contribution in [3.63, 3.8) is 0 Å². The monoisotopic (exact) mass is 324 g/mol. The van der Waals surface area contributed by atoms with Gasteiger partial charge in [-0.15, -0.1) is 0 Å². The largest absolute Gasteiger partial charge is 0.426 e. The summed E-state index contributed by atoms with van der Waals surface area (Å²) in [5.74, 6) is 1.30. The van der Waals surface area contributed by atoms with E-state index < -0.39 is 0 Å². The Morgan fingerprint density at radius 1 is 0.875 bits per heavy atom. The van der Waals surface area contributed by atoms with Crippen LogP contribution in [0.2, 0.25) is 0 Å². The standard InChI is InChI=1S/C22H28O2/c1-13(23)24-17-12-11-16-18-14(17)9-8-10-15(18)19(21(2,3)4)20(16)22(5,6)7/h8-12,19-20H,1-7H3. The first kappa shape index (κ1) is 17.0. The van der Waals surface area contributed by atoms with E-state index in [1.165, 1.54) is 23.4 Å². The number of rotatable bonds is 1. The summed E-state index contributed by atoms with van der Waals surface area (Å²) in [7, 11) is 0. The molecule has 0 spiro atoms. The average Bonchev–Trinajstić information content (AvgIpc) is 2.77. The van der Waals surface area contributed by atoms with Gasteiger partial charge in [-0.2, -0.15) is 0 Å². The van der Waals surface area contributed by atoms with E-state index in [1.807, 2.05) is 6.07 Å². The predicted molar refractivity (Wildman–Crippen MR) is 99.6 cm³/mol. The summed E-state index contributed by atoms with van der Waals surface area (Å²) in [6.45, 7) is 15.4. The van der Waals surface area contributed by atoms with Gasteiger partial charge in [0.25, 0.3) is 0 Å². The molecule has 0 aromatic heterocycles. The lowest BCUT2D eigenvalue weighted by Crippen LogP contribution is -2.29. The molecule has 2 heteroatoms. The minimum atomic E-state index is -0.270. The SMILES string of the molecule is CC(=O)Oc1ccc2c3c(cccc13)C(C(C)(C)C)C2C(C)(C)C. The molecule has 0 bridgehead atoms. The van der Waals surface area contributed by atoms with Crippen molar-refractivity contribution in [3.05, 3.63) is 41.5 Å². The molecule has 1 aliphatic carbocycles. The second-order valence-electron chi connectivity index (χ2n) is 9.20. The fourth-order valence-corrected chi connectivity index (χ4v) is 4.49. The summed E-state index contributed by atoms with van der Waals surface area (Å²) < 4.78 is 5.47. The minimum Gasteiger partial charge on any atom is -0.426 e. The Hall–Kier alpha value is -1.83. The predicted octanol–water partition coefficient (Wildman–Crippen LogP) is 6.04. The number of carbonyl (C=O) groups is 1. The fourth-order valence-electron chi connectivity index (χ4n) is 4.49. The molecule has 128 valence electrons. The first-order valence-electron chi connectivity index (χ1n) is 8.76. The number of hydrogen-bond donors (Lipinski definition) is 0. The molecule has 2 aromatic rings. The Morgan fingerprint density at radius 2 is 1.42 bits per heavy atom. The van der Waals surface area contributed by atoms with Gasteiger partial charge in [-0.1, -0.05) is 65.8 Å². The van der Waals surface area contributed by atoms with Gasteiger partial charge in [-0.05, 0) is 45.2 Å². The Labute approximate surface area is 145 Å². The second kappa shape index (κ2) is 5.34. The van der Waals surface area contributed by atoms with Crippen LogP contribution in [0, 0.1) is 10.8 Å².